The highest BCUT2D eigenvalue weighted by Gasteiger charge is 2.17. The predicted octanol–water partition coefficient (Wildman–Crippen LogP) is 1.71. The molecular formula is C10H8FNO2. The molecule has 0 saturated heterocycles. The van der Waals surface area contributed by atoms with Crippen molar-refractivity contribution in [2.24, 2.45) is 0 Å². The number of Topliss-reactive ketones (excluding diaryl/α,β-unsaturated/α-hetero) is 1. The standard InChI is InChI=1S/C10H8FNO2/c11-8-4-7(5-12-6-8)10(13)9-2-1-3-14-9/h2,4-6H,1,3H2. The van der Waals surface area contributed by atoms with Crippen molar-refractivity contribution in [1.29, 1.82) is 0 Å². The van der Waals surface area contributed by atoms with Crippen LogP contribution in [0.4, 0.5) is 4.39 Å². The Kier molecular flexibility index (Phi) is 2.26. The van der Waals surface area contributed by atoms with Crippen LogP contribution >= 0.6 is 0 Å². The van der Waals surface area contributed by atoms with Crippen molar-refractivity contribution in [3.8, 4) is 0 Å². The second kappa shape index (κ2) is 3.57. The molecule has 0 atom stereocenters. The van der Waals surface area contributed by atoms with Gasteiger partial charge in [-0.15, -0.1) is 0 Å². The molecule has 3 nitrogen and oxygen atoms in total. The molecule has 1 aromatic rings. The molecule has 1 aromatic heterocycles. The van der Waals surface area contributed by atoms with Crippen LogP contribution in [0.2, 0.25) is 0 Å². The van der Waals surface area contributed by atoms with E-state index in [2.05, 4.69) is 4.98 Å². The van der Waals surface area contributed by atoms with E-state index in [0.717, 1.165) is 18.7 Å². The molecule has 0 amide bonds. The molecule has 72 valence electrons. The molecule has 0 aromatic carbocycles. The first-order valence-electron chi connectivity index (χ1n) is 4.25. The Labute approximate surface area is 80.2 Å². The van der Waals surface area contributed by atoms with Gasteiger partial charge in [-0.1, -0.05) is 0 Å². The number of halogens is 1. The van der Waals surface area contributed by atoms with Crippen LogP contribution in [0.15, 0.2) is 30.3 Å². The molecule has 0 saturated carbocycles. The Bertz CT molecular complexity index is 401. The number of rotatable bonds is 2. The van der Waals surface area contributed by atoms with E-state index in [-0.39, 0.29) is 17.1 Å². The van der Waals surface area contributed by atoms with Crippen molar-refractivity contribution in [3.63, 3.8) is 0 Å². The molecule has 0 radical (unpaired) electrons. The van der Waals surface area contributed by atoms with Gasteiger partial charge in [0.05, 0.1) is 12.8 Å². The minimum Gasteiger partial charge on any atom is -0.489 e. The normalized spacial score (nSPS) is 14.8. The van der Waals surface area contributed by atoms with Crippen molar-refractivity contribution in [3.05, 3.63) is 41.7 Å². The lowest BCUT2D eigenvalue weighted by molar-refractivity contribution is 0.0941. The van der Waals surface area contributed by atoms with Crippen LogP contribution in [-0.4, -0.2) is 17.4 Å². The van der Waals surface area contributed by atoms with Gasteiger partial charge in [0.1, 0.15) is 5.82 Å². The van der Waals surface area contributed by atoms with Crippen molar-refractivity contribution in [2.75, 3.05) is 6.61 Å². The van der Waals surface area contributed by atoms with Gasteiger partial charge in [-0.25, -0.2) is 4.39 Å². The molecule has 14 heavy (non-hydrogen) atoms. The fraction of sp³-hybridized carbons (Fsp3) is 0.200. The summed E-state index contributed by atoms with van der Waals surface area (Å²) in [5, 5.41) is 0. The summed E-state index contributed by atoms with van der Waals surface area (Å²) in [6, 6.07) is 1.15. The lowest BCUT2D eigenvalue weighted by Gasteiger charge is -2.01. The van der Waals surface area contributed by atoms with Crippen molar-refractivity contribution in [1.82, 2.24) is 4.98 Å². The second-order valence-electron chi connectivity index (χ2n) is 2.93. The SMILES string of the molecule is O=C(C1=CCCO1)c1cncc(F)c1. The van der Waals surface area contributed by atoms with Gasteiger partial charge >= 0.3 is 0 Å². The van der Waals surface area contributed by atoms with Crippen LogP contribution < -0.4 is 0 Å². The molecule has 4 heteroatoms. The Hall–Kier alpha value is -1.71. The molecular weight excluding hydrogens is 185 g/mol. The molecule has 2 heterocycles. The Morgan fingerprint density at radius 2 is 2.36 bits per heavy atom. The molecule has 1 aliphatic heterocycles. The highest BCUT2D eigenvalue weighted by atomic mass is 19.1. The largest absolute Gasteiger partial charge is 0.489 e. The third-order valence-electron chi connectivity index (χ3n) is 1.90. The fourth-order valence-electron chi connectivity index (χ4n) is 1.25. The van der Waals surface area contributed by atoms with Crippen molar-refractivity contribution >= 4 is 5.78 Å². The third kappa shape index (κ3) is 1.64. The Morgan fingerprint density at radius 1 is 1.50 bits per heavy atom. The van der Waals surface area contributed by atoms with E-state index < -0.39 is 5.82 Å². The molecule has 2 rings (SSSR count). The Morgan fingerprint density at radius 3 is 3.00 bits per heavy atom. The first-order valence-corrected chi connectivity index (χ1v) is 4.25. The van der Waals surface area contributed by atoms with Gasteiger partial charge in [-0.3, -0.25) is 9.78 Å². The van der Waals surface area contributed by atoms with Crippen LogP contribution in [0.3, 0.4) is 0 Å². The van der Waals surface area contributed by atoms with Crippen LogP contribution in [0, 0.1) is 5.82 Å². The van der Waals surface area contributed by atoms with E-state index in [1.165, 1.54) is 6.20 Å². The average Bonchev–Trinajstić information content (AvgIpc) is 2.69. The molecule has 0 aliphatic carbocycles. The van der Waals surface area contributed by atoms with E-state index in [9.17, 15) is 9.18 Å². The predicted molar refractivity (Wildman–Crippen MR) is 47.2 cm³/mol. The van der Waals surface area contributed by atoms with Crippen molar-refractivity contribution in [2.45, 2.75) is 6.42 Å². The minimum atomic E-state index is -0.519. The third-order valence-corrected chi connectivity index (χ3v) is 1.90. The highest BCUT2D eigenvalue weighted by molar-refractivity contribution is 6.07. The smallest absolute Gasteiger partial charge is 0.228 e. The molecule has 0 bridgehead atoms. The van der Waals surface area contributed by atoms with Gasteiger partial charge < -0.3 is 4.74 Å². The second-order valence-corrected chi connectivity index (χ2v) is 2.93. The number of ether oxygens (including phenoxy) is 1. The quantitative estimate of drug-likeness (QED) is 0.671. The van der Waals surface area contributed by atoms with Gasteiger partial charge in [0, 0.05) is 18.2 Å². The molecule has 0 spiro atoms. The number of carbonyl (C=O) groups excluding carboxylic acids is 1. The number of hydrogen-bond donors (Lipinski definition) is 0. The van der Waals surface area contributed by atoms with Gasteiger partial charge in [0.15, 0.2) is 5.76 Å². The van der Waals surface area contributed by atoms with Gasteiger partial charge in [0.25, 0.3) is 0 Å². The van der Waals surface area contributed by atoms with Gasteiger partial charge in [0.2, 0.25) is 5.78 Å². The number of carbonyl (C=O) groups is 1. The number of pyridine rings is 1. The zero-order valence-corrected chi connectivity index (χ0v) is 7.37. The summed E-state index contributed by atoms with van der Waals surface area (Å²) in [6.07, 6.45) is 4.81. The number of allylic oxidation sites excluding steroid dienone is 1. The maximum Gasteiger partial charge on any atom is 0.228 e. The zero-order chi connectivity index (χ0) is 9.97. The van der Waals surface area contributed by atoms with Crippen LogP contribution in [-0.2, 0) is 4.74 Å². The average molecular weight is 193 g/mol. The summed E-state index contributed by atoms with van der Waals surface area (Å²) < 4.78 is 17.8. The fourth-order valence-corrected chi connectivity index (χ4v) is 1.25. The lowest BCUT2D eigenvalue weighted by Crippen LogP contribution is -2.04. The lowest BCUT2D eigenvalue weighted by atomic mass is 10.1. The van der Waals surface area contributed by atoms with Gasteiger partial charge in [-0.05, 0) is 12.1 Å². The number of nitrogens with zero attached hydrogens (tertiary/aromatic N) is 1. The number of ketones is 1. The monoisotopic (exact) mass is 193 g/mol. The Balaban J connectivity index is 2.27. The van der Waals surface area contributed by atoms with E-state index in [4.69, 9.17) is 4.74 Å². The number of hydrogen-bond acceptors (Lipinski definition) is 3. The van der Waals surface area contributed by atoms with E-state index in [1.54, 1.807) is 6.08 Å². The summed E-state index contributed by atoms with van der Waals surface area (Å²) in [4.78, 5) is 15.2. The molecule has 0 N–H and O–H groups in total. The zero-order valence-electron chi connectivity index (χ0n) is 7.37. The molecule has 0 fully saturated rings. The summed E-state index contributed by atoms with van der Waals surface area (Å²) in [7, 11) is 0. The van der Waals surface area contributed by atoms with E-state index in [0.29, 0.717) is 6.61 Å². The van der Waals surface area contributed by atoms with Crippen molar-refractivity contribution < 1.29 is 13.9 Å². The summed E-state index contributed by atoms with van der Waals surface area (Å²) in [5.74, 6) is -0.540. The summed E-state index contributed by atoms with van der Waals surface area (Å²) in [5.41, 5.74) is 0.221. The van der Waals surface area contributed by atoms with E-state index in [1.807, 2.05) is 0 Å². The van der Waals surface area contributed by atoms with Crippen LogP contribution in [0.25, 0.3) is 0 Å². The van der Waals surface area contributed by atoms with E-state index >= 15 is 0 Å². The molecule has 0 unspecified atom stereocenters. The van der Waals surface area contributed by atoms with Crippen LogP contribution in [0.5, 0.6) is 0 Å². The first-order chi connectivity index (χ1) is 6.77. The van der Waals surface area contributed by atoms with Gasteiger partial charge in [-0.2, -0.15) is 0 Å². The van der Waals surface area contributed by atoms with Crippen LogP contribution in [0.1, 0.15) is 16.8 Å². The summed E-state index contributed by atoms with van der Waals surface area (Å²) >= 11 is 0. The number of aromatic nitrogens is 1. The maximum absolute atomic E-state index is 12.7. The summed E-state index contributed by atoms with van der Waals surface area (Å²) in [6.45, 7) is 0.518. The first kappa shape index (κ1) is 8.87. The molecule has 1 aliphatic rings. The minimum absolute atomic E-state index is 0.221. The topological polar surface area (TPSA) is 39.2 Å². The maximum atomic E-state index is 12.7. The highest BCUT2D eigenvalue weighted by Crippen LogP contribution is 2.15.